The molecule has 0 N–H and O–H groups in total. The van der Waals surface area contributed by atoms with E-state index in [4.69, 9.17) is 0 Å². The van der Waals surface area contributed by atoms with Crippen LogP contribution in [-0.2, 0) is 22.9 Å². The summed E-state index contributed by atoms with van der Waals surface area (Å²) in [6.07, 6.45) is 1.27. The molecule has 32 heavy (non-hydrogen) atoms. The molecule has 0 radical (unpaired) electrons. The number of rotatable bonds is 5. The second kappa shape index (κ2) is 8.62. The van der Waals surface area contributed by atoms with E-state index in [1.54, 1.807) is 25.1 Å². The van der Waals surface area contributed by atoms with Crippen LogP contribution in [0.5, 0.6) is 0 Å². The van der Waals surface area contributed by atoms with Crippen LogP contribution in [-0.4, -0.2) is 14.5 Å². The first kappa shape index (κ1) is 22.4. The Bertz CT molecular complexity index is 1230. The largest absolute Gasteiger partial charge is 0.264 e. The maximum Gasteiger partial charge on any atom is 0.264 e. The lowest BCUT2D eigenvalue weighted by molar-refractivity contribution is 0.501. The quantitative estimate of drug-likeness (QED) is 0.479. The molecule has 3 aromatic rings. The van der Waals surface area contributed by atoms with E-state index >= 15 is 0 Å². The van der Waals surface area contributed by atoms with Crippen molar-refractivity contribution < 1.29 is 21.6 Å². The molecule has 168 valence electrons. The van der Waals surface area contributed by atoms with Gasteiger partial charge in [0.1, 0.15) is 17.5 Å². The van der Waals surface area contributed by atoms with Crippen LogP contribution >= 0.6 is 0 Å². The number of fused-ring (bicyclic) bond motifs is 1. The third-order valence-electron chi connectivity index (χ3n) is 5.95. The van der Waals surface area contributed by atoms with E-state index < -0.39 is 33.5 Å². The first-order valence-corrected chi connectivity index (χ1v) is 11.9. The van der Waals surface area contributed by atoms with Crippen LogP contribution in [0.2, 0.25) is 0 Å². The maximum absolute atomic E-state index is 14.4. The van der Waals surface area contributed by atoms with Crippen molar-refractivity contribution in [2.45, 2.75) is 50.5 Å². The lowest BCUT2D eigenvalue weighted by Crippen LogP contribution is -2.44. The molecule has 0 amide bonds. The third-order valence-corrected chi connectivity index (χ3v) is 7.83. The monoisotopic (exact) mass is 459 g/mol. The Kier molecular flexibility index (Phi) is 6.03. The number of anilines is 1. The Hall–Kier alpha value is -2.80. The summed E-state index contributed by atoms with van der Waals surface area (Å²) in [6.45, 7) is 3.47. The molecular formula is C25H24F3NO2S. The molecule has 1 aliphatic rings. The van der Waals surface area contributed by atoms with Gasteiger partial charge in [0, 0.05) is 11.6 Å². The molecule has 7 heteroatoms. The van der Waals surface area contributed by atoms with E-state index in [1.807, 2.05) is 6.92 Å². The molecule has 1 aliphatic heterocycles. The van der Waals surface area contributed by atoms with E-state index in [0.29, 0.717) is 18.4 Å². The van der Waals surface area contributed by atoms with Crippen molar-refractivity contribution in [2.75, 3.05) is 4.31 Å². The number of hydrogen-bond donors (Lipinski definition) is 0. The zero-order valence-corrected chi connectivity index (χ0v) is 18.7. The minimum atomic E-state index is -4.01. The molecule has 0 saturated heterocycles. The van der Waals surface area contributed by atoms with Crippen LogP contribution in [0.15, 0.2) is 59.5 Å². The summed E-state index contributed by atoms with van der Waals surface area (Å²) in [6, 6.07) is 12.6. The smallest absolute Gasteiger partial charge is 0.263 e. The zero-order chi connectivity index (χ0) is 23.0. The van der Waals surface area contributed by atoms with Crippen molar-refractivity contribution in [1.82, 2.24) is 0 Å². The normalized spacial score (nSPS) is 16.2. The molecule has 0 spiro atoms. The van der Waals surface area contributed by atoms with E-state index in [0.717, 1.165) is 11.1 Å². The summed E-state index contributed by atoms with van der Waals surface area (Å²) >= 11 is 0. The molecule has 1 heterocycles. The summed E-state index contributed by atoms with van der Waals surface area (Å²) in [5, 5.41) is 0. The van der Waals surface area contributed by atoms with Crippen LogP contribution in [0.4, 0.5) is 18.9 Å². The molecule has 1 unspecified atom stereocenters. The molecular weight excluding hydrogens is 435 g/mol. The molecule has 0 aromatic heterocycles. The highest BCUT2D eigenvalue weighted by Gasteiger charge is 2.36. The highest BCUT2D eigenvalue weighted by molar-refractivity contribution is 7.92. The van der Waals surface area contributed by atoms with Gasteiger partial charge in [-0.1, -0.05) is 23.8 Å². The third kappa shape index (κ3) is 4.26. The second-order valence-corrected chi connectivity index (χ2v) is 10.1. The van der Waals surface area contributed by atoms with Crippen molar-refractivity contribution in [1.29, 1.82) is 0 Å². The molecule has 3 nitrogen and oxygen atoms in total. The summed E-state index contributed by atoms with van der Waals surface area (Å²) in [5.41, 5.74) is 2.34. The fraction of sp³-hybridized carbons (Fsp3) is 0.280. The summed E-state index contributed by atoms with van der Waals surface area (Å²) in [4.78, 5) is 0.0953. The lowest BCUT2D eigenvalue weighted by Gasteiger charge is -2.38. The lowest BCUT2D eigenvalue weighted by atomic mass is 9.93. The first-order valence-electron chi connectivity index (χ1n) is 10.5. The minimum absolute atomic E-state index is 0.0349. The maximum atomic E-state index is 14.4. The summed E-state index contributed by atoms with van der Waals surface area (Å²) in [5.74, 6) is -1.82. The van der Waals surface area contributed by atoms with Gasteiger partial charge >= 0.3 is 0 Å². The summed E-state index contributed by atoms with van der Waals surface area (Å²) in [7, 11) is -4.01. The topological polar surface area (TPSA) is 37.4 Å². The van der Waals surface area contributed by atoms with Gasteiger partial charge in [-0.05, 0) is 87.1 Å². The summed E-state index contributed by atoms with van der Waals surface area (Å²) < 4.78 is 71.3. The number of benzene rings is 3. The molecule has 0 saturated carbocycles. The molecule has 0 aliphatic carbocycles. The van der Waals surface area contributed by atoms with Crippen molar-refractivity contribution in [3.05, 3.63) is 94.3 Å². The zero-order valence-electron chi connectivity index (χ0n) is 17.9. The fourth-order valence-corrected chi connectivity index (χ4v) is 6.02. The van der Waals surface area contributed by atoms with E-state index in [9.17, 15) is 21.6 Å². The van der Waals surface area contributed by atoms with Crippen LogP contribution in [0.25, 0.3) is 0 Å². The number of aryl methyl sites for hydroxylation is 3. The Morgan fingerprint density at radius 1 is 0.906 bits per heavy atom. The Morgan fingerprint density at radius 2 is 1.56 bits per heavy atom. The number of hydrogen-bond acceptors (Lipinski definition) is 2. The Balaban J connectivity index is 1.74. The van der Waals surface area contributed by atoms with Crippen molar-refractivity contribution in [3.8, 4) is 0 Å². The molecule has 4 rings (SSSR count). The van der Waals surface area contributed by atoms with E-state index in [1.165, 1.54) is 40.7 Å². The van der Waals surface area contributed by atoms with Gasteiger partial charge in [-0.3, -0.25) is 4.31 Å². The van der Waals surface area contributed by atoms with Gasteiger partial charge in [-0.25, -0.2) is 21.6 Å². The predicted octanol–water partition coefficient (Wildman–Crippen LogP) is 5.86. The van der Waals surface area contributed by atoms with Crippen molar-refractivity contribution in [3.63, 3.8) is 0 Å². The van der Waals surface area contributed by atoms with Crippen LogP contribution in [0.3, 0.4) is 0 Å². The fourth-order valence-electron chi connectivity index (χ4n) is 4.28. The van der Waals surface area contributed by atoms with Gasteiger partial charge in [-0.2, -0.15) is 0 Å². The molecule has 0 fully saturated rings. The van der Waals surface area contributed by atoms with Gasteiger partial charge in [0.2, 0.25) is 0 Å². The number of sulfonamides is 1. The number of halogens is 3. The molecule has 3 aromatic carbocycles. The predicted molar refractivity (Wildman–Crippen MR) is 119 cm³/mol. The van der Waals surface area contributed by atoms with Gasteiger partial charge in [0.15, 0.2) is 0 Å². The highest BCUT2D eigenvalue weighted by Crippen LogP contribution is 2.37. The number of nitrogens with zero attached hydrogens (tertiary/aromatic N) is 1. The SMILES string of the molecule is Cc1ccc(S(=O)(=O)N2c3cc(F)ccc3CCC2CCc2c(F)cc(C)cc2F)cc1. The Labute approximate surface area is 186 Å². The second-order valence-electron chi connectivity index (χ2n) is 8.33. The van der Waals surface area contributed by atoms with Gasteiger partial charge in [0.25, 0.3) is 10.0 Å². The van der Waals surface area contributed by atoms with E-state index in [2.05, 4.69) is 0 Å². The van der Waals surface area contributed by atoms with Gasteiger partial charge < -0.3 is 0 Å². The van der Waals surface area contributed by atoms with Gasteiger partial charge in [-0.15, -0.1) is 0 Å². The van der Waals surface area contributed by atoms with Crippen LogP contribution in [0.1, 0.15) is 35.1 Å². The Morgan fingerprint density at radius 3 is 2.22 bits per heavy atom. The molecule has 0 bridgehead atoms. The molecule has 1 atom stereocenters. The minimum Gasteiger partial charge on any atom is -0.263 e. The van der Waals surface area contributed by atoms with Gasteiger partial charge in [0.05, 0.1) is 10.6 Å². The van der Waals surface area contributed by atoms with Crippen LogP contribution in [0, 0.1) is 31.3 Å². The highest BCUT2D eigenvalue weighted by atomic mass is 32.2. The average molecular weight is 460 g/mol. The van der Waals surface area contributed by atoms with Crippen molar-refractivity contribution >= 4 is 15.7 Å². The standard InChI is InChI=1S/C25H24F3NO2S/c1-16-3-10-21(11-4-16)32(30,31)29-20(8-6-18-5-7-19(26)15-25(18)29)9-12-22-23(27)13-17(2)14-24(22)28/h3-5,7,10-11,13-15,20H,6,8-9,12H2,1-2H3. The first-order chi connectivity index (χ1) is 15.2. The van der Waals surface area contributed by atoms with Crippen LogP contribution < -0.4 is 4.31 Å². The van der Waals surface area contributed by atoms with Crippen molar-refractivity contribution in [2.24, 2.45) is 0 Å². The van der Waals surface area contributed by atoms with E-state index in [-0.39, 0.29) is 29.0 Å². The average Bonchev–Trinajstić information content (AvgIpc) is 2.72.